The van der Waals surface area contributed by atoms with Gasteiger partial charge >= 0.3 is 5.69 Å². The van der Waals surface area contributed by atoms with E-state index in [0.29, 0.717) is 23.0 Å². The maximum Gasteiger partial charge on any atom is 0.323 e. The molecule has 2 rings (SSSR count). The maximum absolute atomic E-state index is 11.0. The second-order valence-corrected chi connectivity index (χ2v) is 5.31. The van der Waals surface area contributed by atoms with Crippen LogP contribution >= 0.6 is 11.3 Å². The van der Waals surface area contributed by atoms with Gasteiger partial charge in [0.25, 0.3) is 5.06 Å². The molecule has 0 fully saturated rings. The number of nitrogens with zero attached hydrogens (tertiary/aromatic N) is 1. The molecule has 21 heavy (non-hydrogen) atoms. The molecule has 7 heteroatoms. The van der Waals surface area contributed by atoms with Gasteiger partial charge in [0.05, 0.1) is 17.6 Å². The Morgan fingerprint density at radius 1 is 1.33 bits per heavy atom. The lowest BCUT2D eigenvalue weighted by Crippen LogP contribution is -1.91. The summed E-state index contributed by atoms with van der Waals surface area (Å²) >= 11 is 1.06. The van der Waals surface area contributed by atoms with Crippen LogP contribution in [0.1, 0.15) is 24.8 Å². The van der Waals surface area contributed by atoms with Crippen LogP contribution in [0, 0.1) is 10.1 Å². The van der Waals surface area contributed by atoms with Crippen molar-refractivity contribution in [2.45, 2.75) is 20.0 Å². The van der Waals surface area contributed by atoms with E-state index in [2.05, 4.69) is 0 Å². The summed E-state index contributed by atoms with van der Waals surface area (Å²) < 4.78 is 10.9. The molecule has 1 N–H and O–H groups in total. The topological polar surface area (TPSA) is 81.8 Å². The average molecular weight is 309 g/mol. The highest BCUT2D eigenvalue weighted by Gasteiger charge is 2.23. The van der Waals surface area contributed by atoms with Crippen molar-refractivity contribution in [3.05, 3.63) is 45.3 Å². The number of aliphatic hydroxyl groups excluding tert-OH is 1. The fourth-order valence-electron chi connectivity index (χ4n) is 1.67. The Labute approximate surface area is 125 Å². The van der Waals surface area contributed by atoms with Gasteiger partial charge in [-0.2, -0.15) is 0 Å². The molecule has 0 amide bonds. The summed E-state index contributed by atoms with van der Waals surface area (Å²) in [6, 6.07) is 8.15. The standard InChI is InChI=1S/C14H15NO5S/c1-3-19-10-4-6-11(7-5-10)20-14-12(15(17)18)8-13(21-14)9(2)16/h4-9,16H,3H2,1-2H3/t9-/m1/s1. The molecule has 112 valence electrons. The molecular weight excluding hydrogens is 294 g/mol. The fraction of sp³-hybridized carbons (Fsp3) is 0.286. The summed E-state index contributed by atoms with van der Waals surface area (Å²) in [5.74, 6) is 1.18. The van der Waals surface area contributed by atoms with Crippen LogP contribution in [0.15, 0.2) is 30.3 Å². The van der Waals surface area contributed by atoms with E-state index in [0.717, 1.165) is 11.3 Å². The minimum atomic E-state index is -0.772. The first-order chi connectivity index (χ1) is 10.0. The van der Waals surface area contributed by atoms with Crippen molar-refractivity contribution < 1.29 is 19.5 Å². The van der Waals surface area contributed by atoms with Crippen molar-refractivity contribution in [1.29, 1.82) is 0 Å². The molecule has 0 saturated carbocycles. The van der Waals surface area contributed by atoms with E-state index < -0.39 is 11.0 Å². The number of thiophene rings is 1. The molecule has 0 bridgehead atoms. The number of benzene rings is 1. The zero-order valence-corrected chi connectivity index (χ0v) is 12.4. The highest BCUT2D eigenvalue weighted by atomic mass is 32.1. The molecule has 0 aliphatic rings. The zero-order valence-electron chi connectivity index (χ0n) is 11.6. The molecule has 0 radical (unpaired) electrons. The molecule has 1 aromatic carbocycles. The third kappa shape index (κ3) is 3.71. The van der Waals surface area contributed by atoms with Crippen LogP contribution in [-0.2, 0) is 0 Å². The quantitative estimate of drug-likeness (QED) is 0.646. The molecule has 0 spiro atoms. The normalized spacial score (nSPS) is 12.0. The zero-order chi connectivity index (χ0) is 15.4. The van der Waals surface area contributed by atoms with Crippen LogP contribution in [-0.4, -0.2) is 16.6 Å². The fourth-order valence-corrected chi connectivity index (χ4v) is 2.60. The largest absolute Gasteiger partial charge is 0.494 e. The predicted molar refractivity (Wildman–Crippen MR) is 79.3 cm³/mol. The Kier molecular flexibility index (Phi) is 4.77. The van der Waals surface area contributed by atoms with Crippen molar-refractivity contribution in [2.24, 2.45) is 0 Å². The second-order valence-electron chi connectivity index (χ2n) is 4.26. The summed E-state index contributed by atoms with van der Waals surface area (Å²) in [6.07, 6.45) is -0.772. The molecule has 1 heterocycles. The Bertz CT molecular complexity index is 621. The van der Waals surface area contributed by atoms with Gasteiger partial charge in [0, 0.05) is 10.9 Å². The SMILES string of the molecule is CCOc1ccc(Oc2sc([C@@H](C)O)cc2[N+](=O)[O-])cc1. The van der Waals surface area contributed by atoms with E-state index in [4.69, 9.17) is 9.47 Å². The van der Waals surface area contributed by atoms with E-state index in [1.165, 1.54) is 6.07 Å². The van der Waals surface area contributed by atoms with Gasteiger partial charge in [-0.1, -0.05) is 11.3 Å². The van der Waals surface area contributed by atoms with Crippen molar-refractivity contribution >= 4 is 17.0 Å². The molecule has 0 aliphatic heterocycles. The minimum absolute atomic E-state index is 0.148. The van der Waals surface area contributed by atoms with Crippen LogP contribution in [0.4, 0.5) is 5.69 Å². The van der Waals surface area contributed by atoms with Gasteiger partial charge < -0.3 is 14.6 Å². The number of rotatable bonds is 6. The first kappa shape index (κ1) is 15.3. The summed E-state index contributed by atoms with van der Waals surface area (Å²) in [6.45, 7) is 4.00. The first-order valence-corrected chi connectivity index (χ1v) is 7.19. The number of hydrogen-bond acceptors (Lipinski definition) is 6. The lowest BCUT2D eigenvalue weighted by molar-refractivity contribution is -0.385. The van der Waals surface area contributed by atoms with Crippen molar-refractivity contribution in [2.75, 3.05) is 6.61 Å². The summed E-state index contributed by atoms with van der Waals surface area (Å²) in [5.41, 5.74) is -0.148. The van der Waals surface area contributed by atoms with Crippen LogP contribution in [0.5, 0.6) is 16.6 Å². The van der Waals surface area contributed by atoms with Gasteiger partial charge in [-0.15, -0.1) is 0 Å². The lowest BCUT2D eigenvalue weighted by Gasteiger charge is -2.05. The number of nitro groups is 1. The molecule has 1 aromatic heterocycles. The van der Waals surface area contributed by atoms with E-state index in [1.807, 2.05) is 6.92 Å². The Hall–Kier alpha value is -2.12. The molecule has 1 atom stereocenters. The van der Waals surface area contributed by atoms with Crippen LogP contribution in [0.3, 0.4) is 0 Å². The highest BCUT2D eigenvalue weighted by molar-refractivity contribution is 7.14. The number of ether oxygens (including phenoxy) is 2. The third-order valence-electron chi connectivity index (χ3n) is 2.65. The minimum Gasteiger partial charge on any atom is -0.494 e. The third-order valence-corrected chi connectivity index (χ3v) is 3.82. The number of aliphatic hydroxyl groups is 1. The molecule has 0 saturated heterocycles. The molecule has 2 aromatic rings. The van der Waals surface area contributed by atoms with Crippen LogP contribution < -0.4 is 9.47 Å². The van der Waals surface area contributed by atoms with Crippen LogP contribution in [0.2, 0.25) is 0 Å². The Balaban J connectivity index is 2.23. The van der Waals surface area contributed by atoms with E-state index in [9.17, 15) is 15.2 Å². The van der Waals surface area contributed by atoms with Crippen LogP contribution in [0.25, 0.3) is 0 Å². The predicted octanol–water partition coefficient (Wildman–Crippen LogP) is 3.90. The monoisotopic (exact) mass is 309 g/mol. The van der Waals surface area contributed by atoms with Gasteiger partial charge in [0.15, 0.2) is 0 Å². The lowest BCUT2D eigenvalue weighted by atomic mass is 10.3. The Morgan fingerprint density at radius 2 is 1.95 bits per heavy atom. The van der Waals surface area contributed by atoms with Gasteiger partial charge in [0.1, 0.15) is 11.5 Å². The van der Waals surface area contributed by atoms with Crippen molar-refractivity contribution in [3.63, 3.8) is 0 Å². The molecule has 0 aliphatic carbocycles. The van der Waals surface area contributed by atoms with Crippen molar-refractivity contribution in [3.8, 4) is 16.6 Å². The van der Waals surface area contributed by atoms with E-state index in [1.54, 1.807) is 31.2 Å². The smallest absolute Gasteiger partial charge is 0.323 e. The van der Waals surface area contributed by atoms with Gasteiger partial charge in [0.2, 0.25) is 0 Å². The van der Waals surface area contributed by atoms with Gasteiger partial charge in [-0.05, 0) is 38.1 Å². The summed E-state index contributed by atoms with van der Waals surface area (Å²) in [4.78, 5) is 11.0. The second kappa shape index (κ2) is 6.55. The summed E-state index contributed by atoms with van der Waals surface area (Å²) in [7, 11) is 0. The highest BCUT2D eigenvalue weighted by Crippen LogP contribution is 2.42. The first-order valence-electron chi connectivity index (χ1n) is 6.38. The van der Waals surface area contributed by atoms with Gasteiger partial charge in [-0.3, -0.25) is 10.1 Å². The maximum atomic E-state index is 11.0. The van der Waals surface area contributed by atoms with E-state index >= 15 is 0 Å². The molecule has 0 unspecified atom stereocenters. The molecular formula is C14H15NO5S. The number of hydrogen-bond donors (Lipinski definition) is 1. The van der Waals surface area contributed by atoms with E-state index in [-0.39, 0.29) is 10.8 Å². The Morgan fingerprint density at radius 3 is 2.48 bits per heavy atom. The average Bonchev–Trinajstić information content (AvgIpc) is 2.86. The molecule has 6 nitrogen and oxygen atoms in total. The summed E-state index contributed by atoms with van der Waals surface area (Å²) in [5, 5.41) is 20.7. The van der Waals surface area contributed by atoms with Crippen molar-refractivity contribution in [1.82, 2.24) is 0 Å². The van der Waals surface area contributed by atoms with Gasteiger partial charge in [-0.25, -0.2) is 0 Å².